The molecule has 1 aliphatic carbocycles. The number of amides is 1. The summed E-state index contributed by atoms with van der Waals surface area (Å²) in [5.41, 5.74) is -0.257. The van der Waals surface area contributed by atoms with Crippen LogP contribution in [-0.2, 0) is 0 Å². The summed E-state index contributed by atoms with van der Waals surface area (Å²) in [5, 5.41) is 2.59. The van der Waals surface area contributed by atoms with Gasteiger partial charge in [0.2, 0.25) is 0 Å². The minimum atomic E-state index is -1.10. The molecule has 0 bridgehead atoms. The Balaban J connectivity index is 2.14. The summed E-state index contributed by atoms with van der Waals surface area (Å²) in [5.74, 6) is -2.18. The fraction of sp³-hybridized carbons (Fsp3) is 0.364. The van der Waals surface area contributed by atoms with Gasteiger partial charge < -0.3 is 5.32 Å². The first-order valence-corrected chi connectivity index (χ1v) is 5.80. The Hall–Kier alpha value is -0.970. The lowest BCUT2D eigenvalue weighted by atomic mass is 10.2. The van der Waals surface area contributed by atoms with E-state index in [2.05, 4.69) is 21.2 Å². The van der Waals surface area contributed by atoms with Crippen molar-refractivity contribution in [3.8, 4) is 0 Å². The van der Waals surface area contributed by atoms with Crippen molar-refractivity contribution < 1.29 is 13.6 Å². The molecule has 1 aromatic carbocycles. The number of carbonyl (C=O) groups is 1. The molecule has 1 aromatic rings. The summed E-state index contributed by atoms with van der Waals surface area (Å²) < 4.78 is 26.7. The maximum Gasteiger partial charge on any atom is 0.254 e. The van der Waals surface area contributed by atoms with Crippen molar-refractivity contribution in [2.24, 2.45) is 5.92 Å². The van der Waals surface area contributed by atoms with E-state index in [0.29, 0.717) is 16.9 Å². The summed E-state index contributed by atoms with van der Waals surface area (Å²) in [4.78, 5) is 11.6. The van der Waals surface area contributed by atoms with Gasteiger partial charge >= 0.3 is 0 Å². The Morgan fingerprint density at radius 2 is 2.12 bits per heavy atom. The highest BCUT2D eigenvalue weighted by molar-refractivity contribution is 9.10. The molecule has 1 aliphatic rings. The summed E-state index contributed by atoms with van der Waals surface area (Å²) >= 11 is 3.02. The van der Waals surface area contributed by atoms with Gasteiger partial charge in [-0.1, -0.05) is 15.9 Å². The fourth-order valence-corrected chi connectivity index (χ4v) is 1.81. The SMILES string of the molecule is O=C(NCC1CC1)c1cc(Br)cc(F)c1F. The van der Waals surface area contributed by atoms with Gasteiger partial charge in [-0.15, -0.1) is 0 Å². The molecule has 1 saturated carbocycles. The van der Waals surface area contributed by atoms with E-state index in [0.717, 1.165) is 18.9 Å². The number of nitrogens with one attached hydrogen (secondary N) is 1. The lowest BCUT2D eigenvalue weighted by Gasteiger charge is -2.06. The quantitative estimate of drug-likeness (QED) is 0.852. The van der Waals surface area contributed by atoms with Gasteiger partial charge in [-0.05, 0) is 30.9 Å². The van der Waals surface area contributed by atoms with Crippen LogP contribution in [0.3, 0.4) is 0 Å². The van der Waals surface area contributed by atoms with Crippen LogP contribution in [0.1, 0.15) is 23.2 Å². The standard InChI is InChI=1S/C11H10BrF2NO/c12-7-3-8(10(14)9(13)4-7)11(16)15-5-6-1-2-6/h3-4,6H,1-2,5H2,(H,15,16). The van der Waals surface area contributed by atoms with Gasteiger partial charge in [-0.3, -0.25) is 4.79 Å². The Morgan fingerprint density at radius 3 is 2.75 bits per heavy atom. The second-order valence-electron chi connectivity index (χ2n) is 3.90. The maximum atomic E-state index is 13.3. The summed E-state index contributed by atoms with van der Waals surface area (Å²) in [6.45, 7) is 0.534. The monoisotopic (exact) mass is 289 g/mol. The van der Waals surface area contributed by atoms with E-state index in [4.69, 9.17) is 0 Å². The van der Waals surface area contributed by atoms with Gasteiger partial charge in [0.25, 0.3) is 5.91 Å². The molecule has 0 unspecified atom stereocenters. The van der Waals surface area contributed by atoms with E-state index < -0.39 is 17.5 Å². The smallest absolute Gasteiger partial charge is 0.254 e. The first-order chi connectivity index (χ1) is 7.58. The van der Waals surface area contributed by atoms with Crippen molar-refractivity contribution in [1.29, 1.82) is 0 Å². The van der Waals surface area contributed by atoms with Gasteiger partial charge in [-0.25, -0.2) is 8.78 Å². The van der Waals surface area contributed by atoms with Crippen LogP contribution in [0.25, 0.3) is 0 Å². The molecular formula is C11H10BrF2NO. The fourth-order valence-electron chi connectivity index (χ4n) is 1.38. The summed E-state index contributed by atoms with van der Waals surface area (Å²) in [7, 11) is 0. The molecule has 1 amide bonds. The van der Waals surface area contributed by atoms with Crippen LogP contribution in [0, 0.1) is 17.6 Å². The Morgan fingerprint density at radius 1 is 1.44 bits per heavy atom. The predicted octanol–water partition coefficient (Wildman–Crippen LogP) is 2.87. The second-order valence-corrected chi connectivity index (χ2v) is 4.82. The van der Waals surface area contributed by atoms with E-state index in [1.165, 1.54) is 6.07 Å². The Kier molecular flexibility index (Phi) is 3.23. The van der Waals surface area contributed by atoms with Crippen molar-refractivity contribution in [3.63, 3.8) is 0 Å². The highest BCUT2D eigenvalue weighted by atomic mass is 79.9. The molecule has 1 fully saturated rings. The van der Waals surface area contributed by atoms with Crippen LogP contribution in [0.5, 0.6) is 0 Å². The van der Waals surface area contributed by atoms with E-state index >= 15 is 0 Å². The third-order valence-electron chi connectivity index (χ3n) is 2.49. The molecule has 0 aliphatic heterocycles. The predicted molar refractivity (Wildman–Crippen MR) is 59.1 cm³/mol. The third kappa shape index (κ3) is 2.58. The average molecular weight is 290 g/mol. The number of hydrogen-bond donors (Lipinski definition) is 1. The second kappa shape index (κ2) is 4.49. The van der Waals surface area contributed by atoms with Crippen LogP contribution in [0.2, 0.25) is 0 Å². The molecule has 0 saturated heterocycles. The first kappa shape index (κ1) is 11.5. The van der Waals surface area contributed by atoms with Crippen molar-refractivity contribution in [3.05, 3.63) is 33.8 Å². The number of halogens is 3. The minimum absolute atomic E-state index is 0.257. The van der Waals surface area contributed by atoms with Gasteiger partial charge in [0.1, 0.15) is 0 Å². The summed E-state index contributed by atoms with van der Waals surface area (Å²) in [6.07, 6.45) is 2.19. The molecule has 2 rings (SSSR count). The number of benzene rings is 1. The minimum Gasteiger partial charge on any atom is -0.352 e. The lowest BCUT2D eigenvalue weighted by molar-refractivity contribution is 0.0946. The van der Waals surface area contributed by atoms with Crippen molar-refractivity contribution >= 4 is 21.8 Å². The van der Waals surface area contributed by atoms with E-state index in [1.807, 2.05) is 0 Å². The van der Waals surface area contributed by atoms with Gasteiger partial charge in [0.05, 0.1) is 5.56 Å². The van der Waals surface area contributed by atoms with Crippen molar-refractivity contribution in [2.75, 3.05) is 6.54 Å². The number of hydrogen-bond acceptors (Lipinski definition) is 1. The van der Waals surface area contributed by atoms with E-state index in [-0.39, 0.29) is 5.56 Å². The first-order valence-electron chi connectivity index (χ1n) is 5.00. The van der Waals surface area contributed by atoms with Crippen molar-refractivity contribution in [1.82, 2.24) is 5.32 Å². The normalized spacial score (nSPS) is 14.9. The zero-order valence-corrected chi connectivity index (χ0v) is 9.98. The lowest BCUT2D eigenvalue weighted by Crippen LogP contribution is -2.26. The van der Waals surface area contributed by atoms with Gasteiger partial charge in [0, 0.05) is 11.0 Å². The van der Waals surface area contributed by atoms with Crippen LogP contribution < -0.4 is 5.32 Å². The number of carbonyl (C=O) groups excluding carboxylic acids is 1. The average Bonchev–Trinajstić information content (AvgIpc) is 3.03. The number of rotatable bonds is 3. The molecule has 0 atom stereocenters. The van der Waals surface area contributed by atoms with Crippen LogP contribution >= 0.6 is 15.9 Å². The molecule has 2 nitrogen and oxygen atoms in total. The van der Waals surface area contributed by atoms with E-state index in [1.54, 1.807) is 0 Å². The zero-order chi connectivity index (χ0) is 11.7. The molecule has 86 valence electrons. The molecule has 0 aromatic heterocycles. The largest absolute Gasteiger partial charge is 0.352 e. The molecule has 5 heteroatoms. The Bertz CT molecular complexity index is 432. The van der Waals surface area contributed by atoms with E-state index in [9.17, 15) is 13.6 Å². The highest BCUT2D eigenvalue weighted by Crippen LogP contribution is 2.27. The van der Waals surface area contributed by atoms with Gasteiger partial charge in [-0.2, -0.15) is 0 Å². The molecule has 1 N–H and O–H groups in total. The molecule has 16 heavy (non-hydrogen) atoms. The molecular weight excluding hydrogens is 280 g/mol. The molecule has 0 spiro atoms. The van der Waals surface area contributed by atoms with Crippen LogP contribution in [0.15, 0.2) is 16.6 Å². The highest BCUT2D eigenvalue weighted by Gasteiger charge is 2.23. The third-order valence-corrected chi connectivity index (χ3v) is 2.94. The summed E-state index contributed by atoms with van der Waals surface area (Å²) in [6, 6.07) is 2.27. The van der Waals surface area contributed by atoms with Crippen LogP contribution in [-0.4, -0.2) is 12.5 Å². The van der Waals surface area contributed by atoms with Crippen LogP contribution in [0.4, 0.5) is 8.78 Å². The molecule has 0 radical (unpaired) electrons. The zero-order valence-electron chi connectivity index (χ0n) is 8.40. The van der Waals surface area contributed by atoms with Crippen molar-refractivity contribution in [2.45, 2.75) is 12.8 Å². The molecule has 0 heterocycles. The Labute approximate surface area is 100 Å². The van der Waals surface area contributed by atoms with Gasteiger partial charge in [0.15, 0.2) is 11.6 Å². The topological polar surface area (TPSA) is 29.1 Å². The maximum absolute atomic E-state index is 13.3.